The summed E-state index contributed by atoms with van der Waals surface area (Å²) in [6.07, 6.45) is 0.796. The molecule has 0 radical (unpaired) electrons. The Morgan fingerprint density at radius 2 is 1.94 bits per heavy atom. The second kappa shape index (κ2) is 10.5. The third-order valence-electron chi connectivity index (χ3n) is 6.07. The highest BCUT2D eigenvalue weighted by atomic mass is 32.2. The maximum atomic E-state index is 12.8. The molecule has 12 heteroatoms. The number of aliphatic hydroxyl groups excluding tert-OH is 1. The Morgan fingerprint density at radius 1 is 1.29 bits per heavy atom. The molecule has 192 valence electrons. The van der Waals surface area contributed by atoms with Crippen LogP contribution in [0.3, 0.4) is 0 Å². The number of nitrogens with zero attached hydrogens (tertiary/aromatic N) is 4. The maximum Gasteiger partial charge on any atom is 0.391 e. The van der Waals surface area contributed by atoms with Crippen molar-refractivity contribution in [3.63, 3.8) is 0 Å². The molecule has 1 saturated carbocycles. The summed E-state index contributed by atoms with van der Waals surface area (Å²) in [7, 11) is -3.48. The third kappa shape index (κ3) is 6.91. The Bertz CT molecular complexity index is 1200. The molecule has 3 rings (SSSR count). The first-order valence-electron chi connectivity index (χ1n) is 11.2. The van der Waals surface area contributed by atoms with E-state index in [1.54, 1.807) is 17.8 Å². The summed E-state index contributed by atoms with van der Waals surface area (Å²) in [5.41, 5.74) is 2.70. The van der Waals surface area contributed by atoms with Crippen LogP contribution in [0, 0.1) is 6.92 Å². The number of hydrogen-bond donors (Lipinski definition) is 2. The summed E-state index contributed by atoms with van der Waals surface area (Å²) in [4.78, 5) is 7.94. The Morgan fingerprint density at radius 3 is 2.51 bits per heavy atom. The number of halogens is 3. The molecule has 35 heavy (non-hydrogen) atoms. The van der Waals surface area contributed by atoms with Gasteiger partial charge in [-0.15, -0.1) is 5.10 Å². The number of nitrogens with one attached hydrogen (secondary N) is 1. The molecule has 0 spiro atoms. The number of alkyl halides is 3. The smallest absolute Gasteiger partial charge is 0.391 e. The number of aromatic nitrogens is 2. The van der Waals surface area contributed by atoms with E-state index in [4.69, 9.17) is 0 Å². The minimum Gasteiger partial charge on any atom is -0.393 e. The highest BCUT2D eigenvalue weighted by Crippen LogP contribution is 2.38. The molecule has 0 saturated heterocycles. The van der Waals surface area contributed by atoms with Crippen LogP contribution < -0.4 is 5.32 Å². The zero-order valence-electron chi connectivity index (χ0n) is 19.9. The number of hydrogen-bond acceptors (Lipinski definition) is 5. The molecule has 2 aromatic heterocycles. The standard InChI is InChI=1S/C23H30F3N5O3S/c1-14(11-23(24,25)26)29-22(27-3)30-31-15(2)20(10-21(31)16-5-7-18(32)8-6-16)17-9-19(13-28-12-17)35(4,33)34/h9-10,12-14,16,18,32H,3,5-8,11H2,1-2,4H3,(H,29,30)/t14-,16-,18-/m0/s1. The Hall–Kier alpha value is -2.73. The molecule has 0 amide bonds. The lowest BCUT2D eigenvalue weighted by molar-refractivity contribution is -0.138. The summed E-state index contributed by atoms with van der Waals surface area (Å²) >= 11 is 0. The molecule has 0 bridgehead atoms. The zero-order valence-corrected chi connectivity index (χ0v) is 20.7. The molecule has 0 aromatic carbocycles. The van der Waals surface area contributed by atoms with Gasteiger partial charge in [-0.3, -0.25) is 4.98 Å². The molecule has 1 aliphatic carbocycles. The van der Waals surface area contributed by atoms with Crippen LogP contribution in [0.4, 0.5) is 13.2 Å². The van der Waals surface area contributed by atoms with Crippen LogP contribution in [0.5, 0.6) is 0 Å². The van der Waals surface area contributed by atoms with Gasteiger partial charge in [0.05, 0.1) is 17.4 Å². The highest BCUT2D eigenvalue weighted by Gasteiger charge is 2.31. The van der Waals surface area contributed by atoms with Crippen LogP contribution in [0.15, 0.2) is 39.5 Å². The number of pyridine rings is 1. The minimum absolute atomic E-state index is 0.0410. The second-order valence-electron chi connectivity index (χ2n) is 9.01. The van der Waals surface area contributed by atoms with Crippen molar-refractivity contribution in [1.29, 1.82) is 0 Å². The van der Waals surface area contributed by atoms with Crippen molar-refractivity contribution in [2.75, 3.05) is 6.26 Å². The van der Waals surface area contributed by atoms with Crippen LogP contribution in [0.25, 0.3) is 11.1 Å². The summed E-state index contributed by atoms with van der Waals surface area (Å²) in [6, 6.07) is 2.45. The van der Waals surface area contributed by atoms with E-state index in [-0.39, 0.29) is 22.9 Å². The van der Waals surface area contributed by atoms with Crippen molar-refractivity contribution in [3.05, 3.63) is 35.9 Å². The number of rotatable bonds is 6. The second-order valence-corrected chi connectivity index (χ2v) is 11.0. The van der Waals surface area contributed by atoms with Gasteiger partial charge in [0.25, 0.3) is 0 Å². The Balaban J connectivity index is 2.08. The monoisotopic (exact) mass is 513 g/mol. The van der Waals surface area contributed by atoms with E-state index in [0.717, 1.165) is 11.9 Å². The molecule has 0 unspecified atom stereocenters. The van der Waals surface area contributed by atoms with Gasteiger partial charge in [-0.1, -0.05) is 0 Å². The highest BCUT2D eigenvalue weighted by molar-refractivity contribution is 7.90. The molecule has 2 heterocycles. The SMILES string of the molecule is C=N/C(=N\n1c(C)c(-c2cncc(S(C)(=O)=O)c2)cc1[C@H]1CC[C@H](O)CC1)N[C@@H](C)CC(F)(F)F. The van der Waals surface area contributed by atoms with Crippen LogP contribution in [-0.2, 0) is 9.84 Å². The van der Waals surface area contributed by atoms with Crippen LogP contribution in [0.2, 0.25) is 0 Å². The molecule has 2 N–H and O–H groups in total. The predicted molar refractivity (Wildman–Crippen MR) is 128 cm³/mol. The zero-order chi connectivity index (χ0) is 26.0. The van der Waals surface area contributed by atoms with Gasteiger partial charge < -0.3 is 10.4 Å². The van der Waals surface area contributed by atoms with E-state index in [1.807, 2.05) is 6.07 Å². The first kappa shape index (κ1) is 26.9. The summed E-state index contributed by atoms with van der Waals surface area (Å²) in [5.74, 6) is -0.0218. The molecule has 1 aliphatic rings. The molecular weight excluding hydrogens is 483 g/mol. The van der Waals surface area contributed by atoms with Crippen molar-refractivity contribution in [1.82, 2.24) is 15.0 Å². The van der Waals surface area contributed by atoms with E-state index in [2.05, 4.69) is 27.1 Å². The number of guanidine groups is 1. The number of aliphatic imine (C=N–C) groups is 1. The van der Waals surface area contributed by atoms with Crippen molar-refractivity contribution >= 4 is 22.5 Å². The van der Waals surface area contributed by atoms with Crippen molar-refractivity contribution < 1.29 is 26.7 Å². The summed E-state index contributed by atoms with van der Waals surface area (Å²) < 4.78 is 64.1. The van der Waals surface area contributed by atoms with Crippen LogP contribution in [0.1, 0.15) is 56.3 Å². The summed E-state index contributed by atoms with van der Waals surface area (Å²) in [6.45, 7) is 6.61. The normalized spacial score (nSPS) is 20.5. The number of sulfone groups is 1. The fraction of sp³-hybridized carbons (Fsp3) is 0.522. The average molecular weight is 514 g/mol. The minimum atomic E-state index is -4.35. The fourth-order valence-corrected chi connectivity index (χ4v) is 4.89. The van der Waals surface area contributed by atoms with Crippen LogP contribution >= 0.6 is 0 Å². The van der Waals surface area contributed by atoms with Gasteiger partial charge in [0, 0.05) is 53.1 Å². The first-order chi connectivity index (χ1) is 16.3. The Kier molecular flexibility index (Phi) is 8.05. The van der Waals surface area contributed by atoms with Crippen molar-refractivity contribution in [3.8, 4) is 11.1 Å². The maximum absolute atomic E-state index is 12.8. The van der Waals surface area contributed by atoms with E-state index in [1.165, 1.54) is 19.2 Å². The van der Waals surface area contributed by atoms with E-state index in [0.29, 0.717) is 42.5 Å². The topological polar surface area (TPSA) is 109 Å². The lowest BCUT2D eigenvalue weighted by atomic mass is 9.85. The van der Waals surface area contributed by atoms with Gasteiger partial charge in [0.1, 0.15) is 0 Å². The third-order valence-corrected chi connectivity index (χ3v) is 7.15. The molecular formula is C23H30F3N5O3S. The van der Waals surface area contributed by atoms with E-state index >= 15 is 0 Å². The number of aliphatic hydroxyl groups is 1. The predicted octanol–water partition coefficient (Wildman–Crippen LogP) is 4.03. The molecule has 1 atom stereocenters. The lowest BCUT2D eigenvalue weighted by Gasteiger charge is -2.26. The van der Waals surface area contributed by atoms with Gasteiger partial charge >= 0.3 is 6.18 Å². The molecule has 0 aliphatic heterocycles. The van der Waals surface area contributed by atoms with Gasteiger partial charge in [0.15, 0.2) is 9.84 Å². The quantitative estimate of drug-likeness (QED) is 0.448. The lowest BCUT2D eigenvalue weighted by Crippen LogP contribution is -2.35. The van der Waals surface area contributed by atoms with E-state index < -0.39 is 28.5 Å². The first-order valence-corrected chi connectivity index (χ1v) is 13.1. The largest absolute Gasteiger partial charge is 0.393 e. The van der Waals surface area contributed by atoms with Gasteiger partial charge in [-0.2, -0.15) is 13.2 Å². The van der Waals surface area contributed by atoms with Crippen LogP contribution in [-0.4, -0.2) is 60.4 Å². The summed E-state index contributed by atoms with van der Waals surface area (Å²) in [5, 5.41) is 17.1. The molecule has 8 nitrogen and oxygen atoms in total. The Labute approximate surface area is 202 Å². The van der Waals surface area contributed by atoms with Gasteiger partial charge in [-0.25, -0.2) is 18.1 Å². The van der Waals surface area contributed by atoms with Crippen molar-refractivity contribution in [2.45, 2.75) is 75.1 Å². The fourth-order valence-electron chi connectivity index (χ4n) is 4.30. The van der Waals surface area contributed by atoms with Crippen molar-refractivity contribution in [2.24, 2.45) is 10.1 Å². The van der Waals surface area contributed by atoms with E-state index in [9.17, 15) is 26.7 Å². The van der Waals surface area contributed by atoms with Gasteiger partial charge in [-0.05, 0) is 58.4 Å². The average Bonchev–Trinajstić information content (AvgIpc) is 3.08. The molecule has 1 fully saturated rings. The molecule has 2 aromatic rings. The van der Waals surface area contributed by atoms with Gasteiger partial charge in [0.2, 0.25) is 5.96 Å².